The van der Waals surface area contributed by atoms with Gasteiger partial charge in [0.15, 0.2) is 0 Å². The van der Waals surface area contributed by atoms with E-state index < -0.39 is 15.9 Å². The smallest absolute Gasteiger partial charge is 0.265 e. The van der Waals surface area contributed by atoms with Gasteiger partial charge in [0.25, 0.3) is 10.0 Å². The van der Waals surface area contributed by atoms with Gasteiger partial charge in [0, 0.05) is 18.3 Å². The Bertz CT molecular complexity index is 840. The van der Waals surface area contributed by atoms with E-state index in [2.05, 4.69) is 9.82 Å². The van der Waals surface area contributed by atoms with Gasteiger partial charge in [-0.05, 0) is 31.0 Å². The van der Waals surface area contributed by atoms with Crippen LogP contribution in [0.25, 0.3) is 0 Å². The van der Waals surface area contributed by atoms with Crippen LogP contribution in [-0.4, -0.2) is 24.1 Å². The minimum atomic E-state index is -3.81. The number of nitrogens with zero attached hydrogens (tertiary/aromatic N) is 2. The fourth-order valence-corrected chi connectivity index (χ4v) is 4.09. The number of benzene rings is 1. The molecule has 1 aromatic carbocycles. The molecule has 0 fully saturated rings. The molecule has 2 rings (SSSR count). The lowest BCUT2D eigenvalue weighted by Gasteiger charge is -2.10. The molecule has 8 heteroatoms. The molecular weight excluding hydrogens is 316 g/mol. The van der Waals surface area contributed by atoms with Crippen molar-refractivity contribution < 1.29 is 13.2 Å². The number of primary amides is 1. The Kier molecular flexibility index (Phi) is 4.74. The SMILES string of the molecule is CCc1nn(C)c(CC)c1S(=O)(=O)Nc1cccc(C(N)=O)c1. The summed E-state index contributed by atoms with van der Waals surface area (Å²) in [7, 11) is -2.08. The maximum Gasteiger partial charge on any atom is 0.265 e. The quantitative estimate of drug-likeness (QED) is 0.832. The average Bonchev–Trinajstić information content (AvgIpc) is 2.83. The van der Waals surface area contributed by atoms with E-state index in [0.717, 1.165) is 0 Å². The predicted molar refractivity (Wildman–Crippen MR) is 87.7 cm³/mol. The first-order valence-electron chi connectivity index (χ1n) is 7.27. The summed E-state index contributed by atoms with van der Waals surface area (Å²) in [6.45, 7) is 3.73. The van der Waals surface area contributed by atoms with Gasteiger partial charge in [-0.3, -0.25) is 14.2 Å². The highest BCUT2D eigenvalue weighted by Gasteiger charge is 2.26. The molecule has 0 aliphatic rings. The van der Waals surface area contributed by atoms with Crippen molar-refractivity contribution >= 4 is 21.6 Å². The Balaban J connectivity index is 2.48. The van der Waals surface area contributed by atoms with Crippen LogP contribution in [0.15, 0.2) is 29.2 Å². The van der Waals surface area contributed by atoms with Crippen molar-refractivity contribution in [2.75, 3.05) is 4.72 Å². The maximum absolute atomic E-state index is 12.8. The second-order valence-corrected chi connectivity index (χ2v) is 6.72. The molecule has 0 radical (unpaired) electrons. The summed E-state index contributed by atoms with van der Waals surface area (Å²) in [4.78, 5) is 11.4. The van der Waals surface area contributed by atoms with E-state index in [-0.39, 0.29) is 16.1 Å². The van der Waals surface area contributed by atoms with Crippen LogP contribution in [0.1, 0.15) is 35.6 Å². The van der Waals surface area contributed by atoms with Gasteiger partial charge in [-0.1, -0.05) is 19.9 Å². The van der Waals surface area contributed by atoms with Gasteiger partial charge in [0.2, 0.25) is 5.91 Å². The maximum atomic E-state index is 12.8. The lowest BCUT2D eigenvalue weighted by atomic mass is 10.2. The number of amides is 1. The molecule has 0 atom stereocenters. The monoisotopic (exact) mass is 336 g/mol. The van der Waals surface area contributed by atoms with E-state index in [0.29, 0.717) is 24.2 Å². The summed E-state index contributed by atoms with van der Waals surface area (Å²) in [5.41, 5.74) is 6.90. The third-order valence-corrected chi connectivity index (χ3v) is 5.04. The highest BCUT2D eigenvalue weighted by molar-refractivity contribution is 7.92. The fourth-order valence-electron chi connectivity index (χ4n) is 2.47. The average molecular weight is 336 g/mol. The molecule has 1 amide bonds. The first kappa shape index (κ1) is 17.0. The van der Waals surface area contributed by atoms with Crippen molar-refractivity contribution in [3.63, 3.8) is 0 Å². The summed E-state index contributed by atoms with van der Waals surface area (Å²) < 4.78 is 29.6. The molecule has 0 bridgehead atoms. The van der Waals surface area contributed by atoms with Gasteiger partial charge in [-0.15, -0.1) is 0 Å². The van der Waals surface area contributed by atoms with E-state index in [1.165, 1.54) is 12.1 Å². The van der Waals surface area contributed by atoms with Crippen molar-refractivity contribution in [3.05, 3.63) is 41.2 Å². The first-order valence-corrected chi connectivity index (χ1v) is 8.75. The fraction of sp³-hybridized carbons (Fsp3) is 0.333. The topological polar surface area (TPSA) is 107 Å². The highest BCUT2D eigenvalue weighted by atomic mass is 32.2. The van der Waals surface area contributed by atoms with E-state index in [9.17, 15) is 13.2 Å². The van der Waals surface area contributed by atoms with Crippen LogP contribution in [-0.2, 0) is 29.9 Å². The highest BCUT2D eigenvalue weighted by Crippen LogP contribution is 2.24. The Hall–Kier alpha value is -2.35. The number of nitrogens with two attached hydrogens (primary N) is 1. The van der Waals surface area contributed by atoms with E-state index in [1.807, 2.05) is 13.8 Å². The summed E-state index contributed by atoms with van der Waals surface area (Å²) in [5.74, 6) is -0.615. The normalized spacial score (nSPS) is 11.4. The van der Waals surface area contributed by atoms with Crippen molar-refractivity contribution in [2.45, 2.75) is 31.6 Å². The Morgan fingerprint density at radius 1 is 1.30 bits per heavy atom. The number of aryl methyl sites for hydroxylation is 2. The molecule has 0 aliphatic carbocycles. The standard InChI is InChI=1S/C15H20N4O3S/c1-4-12-14(13(5-2)19(3)17-12)23(21,22)18-11-8-6-7-10(9-11)15(16)20/h6-9,18H,4-5H2,1-3H3,(H2,16,20). The van der Waals surface area contributed by atoms with Gasteiger partial charge < -0.3 is 5.73 Å². The summed E-state index contributed by atoms with van der Waals surface area (Å²) in [6, 6.07) is 6.08. The second kappa shape index (κ2) is 6.41. The van der Waals surface area contributed by atoms with E-state index in [4.69, 9.17) is 5.73 Å². The van der Waals surface area contributed by atoms with Crippen LogP contribution in [0.3, 0.4) is 0 Å². The molecule has 1 aromatic heterocycles. The van der Waals surface area contributed by atoms with Crippen LogP contribution >= 0.6 is 0 Å². The number of carbonyl (C=O) groups is 1. The number of nitrogens with one attached hydrogen (secondary N) is 1. The zero-order valence-corrected chi connectivity index (χ0v) is 14.1. The Morgan fingerprint density at radius 2 is 2.00 bits per heavy atom. The van der Waals surface area contributed by atoms with Gasteiger partial charge >= 0.3 is 0 Å². The molecule has 1 heterocycles. The molecule has 0 spiro atoms. The van der Waals surface area contributed by atoms with Crippen LogP contribution in [0.5, 0.6) is 0 Å². The number of aromatic nitrogens is 2. The molecule has 0 aliphatic heterocycles. The number of carbonyl (C=O) groups excluding carboxylic acids is 1. The minimum absolute atomic E-state index is 0.203. The van der Waals surface area contributed by atoms with Gasteiger partial charge in [0.1, 0.15) is 4.90 Å². The van der Waals surface area contributed by atoms with Crippen LogP contribution in [0, 0.1) is 0 Å². The molecule has 7 nitrogen and oxygen atoms in total. The molecule has 0 saturated carbocycles. The van der Waals surface area contributed by atoms with Crippen LogP contribution in [0.4, 0.5) is 5.69 Å². The number of sulfonamides is 1. The zero-order valence-electron chi connectivity index (χ0n) is 13.3. The molecule has 3 N–H and O–H groups in total. The van der Waals surface area contributed by atoms with E-state index in [1.54, 1.807) is 23.9 Å². The third-order valence-electron chi connectivity index (χ3n) is 3.52. The molecular formula is C15H20N4O3S. The molecule has 0 unspecified atom stereocenters. The van der Waals surface area contributed by atoms with Crippen molar-refractivity contribution in [2.24, 2.45) is 12.8 Å². The Morgan fingerprint density at radius 3 is 2.57 bits per heavy atom. The number of rotatable bonds is 6. The zero-order chi connectivity index (χ0) is 17.2. The predicted octanol–water partition coefficient (Wildman–Crippen LogP) is 1.44. The van der Waals surface area contributed by atoms with Gasteiger partial charge in [-0.25, -0.2) is 8.42 Å². The molecule has 23 heavy (non-hydrogen) atoms. The molecule has 124 valence electrons. The van der Waals surface area contributed by atoms with Crippen molar-refractivity contribution in [1.29, 1.82) is 0 Å². The summed E-state index contributed by atoms with van der Waals surface area (Å²) in [5, 5.41) is 4.28. The lowest BCUT2D eigenvalue weighted by molar-refractivity contribution is 0.100. The largest absolute Gasteiger partial charge is 0.366 e. The van der Waals surface area contributed by atoms with Crippen LogP contribution < -0.4 is 10.5 Å². The molecule has 0 saturated heterocycles. The van der Waals surface area contributed by atoms with Crippen LogP contribution in [0.2, 0.25) is 0 Å². The summed E-state index contributed by atoms with van der Waals surface area (Å²) >= 11 is 0. The van der Waals surface area contributed by atoms with Gasteiger partial charge in [0.05, 0.1) is 11.4 Å². The Labute approximate surface area is 135 Å². The number of hydrogen-bond donors (Lipinski definition) is 2. The number of hydrogen-bond acceptors (Lipinski definition) is 4. The molecule has 2 aromatic rings. The van der Waals surface area contributed by atoms with E-state index >= 15 is 0 Å². The first-order chi connectivity index (χ1) is 10.8. The summed E-state index contributed by atoms with van der Waals surface area (Å²) in [6.07, 6.45) is 1.05. The second-order valence-electron chi connectivity index (χ2n) is 5.10. The minimum Gasteiger partial charge on any atom is -0.366 e. The lowest BCUT2D eigenvalue weighted by Crippen LogP contribution is -2.17. The van der Waals surface area contributed by atoms with Crippen molar-refractivity contribution in [1.82, 2.24) is 9.78 Å². The van der Waals surface area contributed by atoms with Crippen molar-refractivity contribution in [3.8, 4) is 0 Å². The number of anilines is 1. The third kappa shape index (κ3) is 3.37. The van der Waals surface area contributed by atoms with Gasteiger partial charge in [-0.2, -0.15) is 5.10 Å².